The highest BCUT2D eigenvalue weighted by molar-refractivity contribution is 5.38. The van der Waals surface area contributed by atoms with Crippen LogP contribution in [0.5, 0.6) is 5.88 Å². The van der Waals surface area contributed by atoms with Crippen molar-refractivity contribution in [2.75, 3.05) is 18.5 Å². The summed E-state index contributed by atoms with van der Waals surface area (Å²) in [6, 6.07) is 1.89. The first-order chi connectivity index (χ1) is 9.80. The Bertz CT molecular complexity index is 369. The molecule has 0 saturated carbocycles. The second-order valence-electron chi connectivity index (χ2n) is 5.01. The molecule has 0 saturated heterocycles. The molecule has 0 bridgehead atoms. The molecule has 4 heteroatoms. The second-order valence-corrected chi connectivity index (χ2v) is 5.01. The summed E-state index contributed by atoms with van der Waals surface area (Å²) in [7, 11) is 0. The number of hydrogen-bond acceptors (Lipinski definition) is 4. The maximum Gasteiger partial charge on any atom is 0.218 e. The Labute approximate surface area is 123 Å². The highest BCUT2D eigenvalue weighted by atomic mass is 16.5. The van der Waals surface area contributed by atoms with Gasteiger partial charge in [0.1, 0.15) is 11.6 Å². The molecule has 0 unspecified atom stereocenters. The van der Waals surface area contributed by atoms with Crippen LogP contribution in [0.25, 0.3) is 0 Å². The number of ether oxygens (including phenoxy) is 1. The second kappa shape index (κ2) is 10.5. The molecule has 0 fully saturated rings. The Morgan fingerprint density at radius 3 is 2.45 bits per heavy atom. The Morgan fingerprint density at radius 1 is 1.00 bits per heavy atom. The molecule has 0 atom stereocenters. The Morgan fingerprint density at radius 2 is 1.75 bits per heavy atom. The minimum absolute atomic E-state index is 0.696. The maximum atomic E-state index is 5.75. The zero-order valence-corrected chi connectivity index (χ0v) is 13.2. The lowest BCUT2D eigenvalue weighted by molar-refractivity contribution is 0.292. The van der Waals surface area contributed by atoms with E-state index in [4.69, 9.17) is 4.74 Å². The van der Waals surface area contributed by atoms with E-state index in [-0.39, 0.29) is 0 Å². The van der Waals surface area contributed by atoms with E-state index >= 15 is 0 Å². The summed E-state index contributed by atoms with van der Waals surface area (Å²) in [6.07, 6.45) is 8.46. The van der Waals surface area contributed by atoms with Gasteiger partial charge in [0.2, 0.25) is 5.88 Å². The van der Waals surface area contributed by atoms with Crippen LogP contribution in [0.3, 0.4) is 0 Å². The smallest absolute Gasteiger partial charge is 0.218 e. The molecule has 0 aliphatic heterocycles. The summed E-state index contributed by atoms with van der Waals surface area (Å²) in [5, 5.41) is 3.22. The molecule has 1 rings (SSSR count). The standard InChI is InChI=1S/C16H29N3O/c1-4-7-8-9-10-11-12-20-16-13-15(17-6-3)18-14(5-2)19-16/h13H,4-12H2,1-3H3,(H,17,18,19). The molecule has 0 spiro atoms. The quantitative estimate of drug-likeness (QED) is 0.616. The molecule has 0 aliphatic carbocycles. The van der Waals surface area contributed by atoms with Crippen LogP contribution in [0, 0.1) is 0 Å². The van der Waals surface area contributed by atoms with E-state index in [0.29, 0.717) is 5.88 Å². The highest BCUT2D eigenvalue weighted by Gasteiger charge is 2.03. The number of aromatic nitrogens is 2. The van der Waals surface area contributed by atoms with Crippen molar-refractivity contribution in [1.29, 1.82) is 0 Å². The number of nitrogens with one attached hydrogen (secondary N) is 1. The van der Waals surface area contributed by atoms with Crippen LogP contribution >= 0.6 is 0 Å². The third-order valence-electron chi connectivity index (χ3n) is 3.17. The van der Waals surface area contributed by atoms with Gasteiger partial charge >= 0.3 is 0 Å². The molecular formula is C16H29N3O. The van der Waals surface area contributed by atoms with E-state index in [9.17, 15) is 0 Å². The number of hydrogen-bond donors (Lipinski definition) is 1. The van der Waals surface area contributed by atoms with Crippen molar-refractivity contribution in [2.45, 2.75) is 65.7 Å². The zero-order chi connectivity index (χ0) is 14.6. The number of anilines is 1. The summed E-state index contributed by atoms with van der Waals surface area (Å²) >= 11 is 0. The Kier molecular flexibility index (Phi) is 8.76. The van der Waals surface area contributed by atoms with Gasteiger partial charge in [-0.3, -0.25) is 0 Å². The van der Waals surface area contributed by atoms with Crippen molar-refractivity contribution in [2.24, 2.45) is 0 Å². The first-order valence-corrected chi connectivity index (χ1v) is 8.04. The van der Waals surface area contributed by atoms with Gasteiger partial charge in [0.25, 0.3) is 0 Å². The first-order valence-electron chi connectivity index (χ1n) is 8.04. The van der Waals surface area contributed by atoms with Crippen LogP contribution in [0.15, 0.2) is 6.07 Å². The monoisotopic (exact) mass is 279 g/mol. The molecule has 4 nitrogen and oxygen atoms in total. The van der Waals surface area contributed by atoms with E-state index < -0.39 is 0 Å². The molecule has 1 aromatic rings. The molecule has 0 aliphatic rings. The average molecular weight is 279 g/mol. The minimum atomic E-state index is 0.696. The molecule has 0 radical (unpaired) electrons. The van der Waals surface area contributed by atoms with Crippen LogP contribution in [0.4, 0.5) is 5.82 Å². The maximum absolute atomic E-state index is 5.75. The lowest BCUT2D eigenvalue weighted by Gasteiger charge is -2.09. The lowest BCUT2D eigenvalue weighted by Crippen LogP contribution is -2.06. The topological polar surface area (TPSA) is 47.0 Å². The fourth-order valence-electron chi connectivity index (χ4n) is 2.04. The Hall–Kier alpha value is -1.32. The van der Waals surface area contributed by atoms with Gasteiger partial charge in [-0.15, -0.1) is 0 Å². The molecule has 0 aromatic carbocycles. The van der Waals surface area contributed by atoms with Gasteiger partial charge in [-0.2, -0.15) is 4.98 Å². The van der Waals surface area contributed by atoms with E-state index in [0.717, 1.165) is 37.6 Å². The number of nitrogens with zero attached hydrogens (tertiary/aromatic N) is 2. The van der Waals surface area contributed by atoms with E-state index in [2.05, 4.69) is 36.1 Å². The largest absolute Gasteiger partial charge is 0.478 e. The van der Waals surface area contributed by atoms with Gasteiger partial charge < -0.3 is 10.1 Å². The van der Waals surface area contributed by atoms with Crippen molar-refractivity contribution >= 4 is 5.82 Å². The fourth-order valence-corrected chi connectivity index (χ4v) is 2.04. The van der Waals surface area contributed by atoms with Crippen molar-refractivity contribution in [3.05, 3.63) is 11.9 Å². The number of rotatable bonds is 11. The molecule has 0 amide bonds. The fraction of sp³-hybridized carbons (Fsp3) is 0.750. The van der Waals surface area contributed by atoms with Gasteiger partial charge in [-0.05, 0) is 13.3 Å². The molecular weight excluding hydrogens is 250 g/mol. The molecule has 1 N–H and O–H groups in total. The predicted octanol–water partition coefficient (Wildman–Crippen LogP) is 4.21. The molecule has 1 heterocycles. The van der Waals surface area contributed by atoms with Crippen LogP contribution in [-0.2, 0) is 6.42 Å². The number of aryl methyl sites for hydroxylation is 1. The predicted molar refractivity (Wildman–Crippen MR) is 84.4 cm³/mol. The zero-order valence-electron chi connectivity index (χ0n) is 13.2. The Balaban J connectivity index is 2.33. The molecule has 20 heavy (non-hydrogen) atoms. The molecule has 1 aromatic heterocycles. The van der Waals surface area contributed by atoms with Gasteiger partial charge in [0.15, 0.2) is 0 Å². The summed E-state index contributed by atoms with van der Waals surface area (Å²) < 4.78 is 5.75. The van der Waals surface area contributed by atoms with Crippen molar-refractivity contribution in [3.63, 3.8) is 0 Å². The average Bonchev–Trinajstić information content (AvgIpc) is 2.46. The van der Waals surface area contributed by atoms with Gasteiger partial charge in [0.05, 0.1) is 6.61 Å². The van der Waals surface area contributed by atoms with Crippen molar-refractivity contribution in [3.8, 4) is 5.88 Å². The minimum Gasteiger partial charge on any atom is -0.478 e. The van der Waals surface area contributed by atoms with E-state index in [1.807, 2.05) is 6.07 Å². The van der Waals surface area contributed by atoms with E-state index in [1.54, 1.807) is 0 Å². The molecule has 114 valence electrons. The van der Waals surface area contributed by atoms with Crippen LogP contribution < -0.4 is 10.1 Å². The number of unbranched alkanes of at least 4 members (excludes halogenated alkanes) is 5. The van der Waals surface area contributed by atoms with Gasteiger partial charge in [0, 0.05) is 19.0 Å². The first kappa shape index (κ1) is 16.7. The van der Waals surface area contributed by atoms with Gasteiger partial charge in [-0.1, -0.05) is 46.0 Å². The summed E-state index contributed by atoms with van der Waals surface area (Å²) in [4.78, 5) is 8.83. The van der Waals surface area contributed by atoms with Crippen LogP contribution in [0.1, 0.15) is 65.1 Å². The van der Waals surface area contributed by atoms with E-state index in [1.165, 1.54) is 32.1 Å². The van der Waals surface area contributed by atoms with Crippen molar-refractivity contribution < 1.29 is 4.74 Å². The summed E-state index contributed by atoms with van der Waals surface area (Å²) in [6.45, 7) is 7.97. The summed E-state index contributed by atoms with van der Waals surface area (Å²) in [5.74, 6) is 2.39. The van der Waals surface area contributed by atoms with Crippen LogP contribution in [0.2, 0.25) is 0 Å². The highest BCUT2D eigenvalue weighted by Crippen LogP contribution is 2.14. The van der Waals surface area contributed by atoms with Gasteiger partial charge in [-0.25, -0.2) is 4.98 Å². The normalized spacial score (nSPS) is 10.6. The SMILES string of the molecule is CCCCCCCCOc1cc(NCC)nc(CC)n1. The van der Waals surface area contributed by atoms with Crippen LogP contribution in [-0.4, -0.2) is 23.1 Å². The summed E-state index contributed by atoms with van der Waals surface area (Å²) in [5.41, 5.74) is 0. The third-order valence-corrected chi connectivity index (χ3v) is 3.17. The lowest BCUT2D eigenvalue weighted by atomic mass is 10.1. The third kappa shape index (κ3) is 6.73. The van der Waals surface area contributed by atoms with Crippen molar-refractivity contribution in [1.82, 2.24) is 9.97 Å².